The van der Waals surface area contributed by atoms with E-state index in [2.05, 4.69) is 55.2 Å². The maximum absolute atomic E-state index is 4.01. The molecule has 0 radical (unpaired) electrons. The van der Waals surface area contributed by atoms with E-state index in [0.717, 1.165) is 17.2 Å². The highest BCUT2D eigenvalue weighted by Gasteiger charge is 2.31. The molecule has 0 aliphatic heterocycles. The van der Waals surface area contributed by atoms with Gasteiger partial charge in [0, 0.05) is 17.3 Å². The van der Waals surface area contributed by atoms with Crippen molar-refractivity contribution in [2.24, 2.45) is 0 Å². The molecule has 0 spiro atoms. The molecule has 0 heterocycles. The zero-order valence-corrected chi connectivity index (χ0v) is 13.6. The normalized spacial score (nSPS) is 33.1. The molecule has 2 aliphatic carbocycles. The van der Waals surface area contributed by atoms with Gasteiger partial charge in [-0.2, -0.15) is 11.8 Å². The molecule has 1 fully saturated rings. The van der Waals surface area contributed by atoms with Crippen LogP contribution in [-0.4, -0.2) is 17.0 Å². The Morgan fingerprint density at radius 3 is 2.70 bits per heavy atom. The Hall–Kier alpha value is -0.470. The third-order valence-electron chi connectivity index (χ3n) is 5.04. The van der Waals surface area contributed by atoms with E-state index in [1.165, 1.54) is 37.9 Å². The van der Waals surface area contributed by atoms with Crippen LogP contribution in [0.2, 0.25) is 0 Å². The van der Waals surface area contributed by atoms with Gasteiger partial charge in [0.2, 0.25) is 0 Å². The summed E-state index contributed by atoms with van der Waals surface area (Å²) >= 11 is 2.15. The summed E-state index contributed by atoms with van der Waals surface area (Å²) < 4.78 is 0. The molecule has 2 aliphatic rings. The molecular weight excluding hydrogens is 262 g/mol. The molecule has 4 atom stereocenters. The summed E-state index contributed by atoms with van der Waals surface area (Å²) in [5.74, 6) is 1.98. The summed E-state index contributed by atoms with van der Waals surface area (Å²) in [6.07, 6.45) is 6.80. The fourth-order valence-electron chi connectivity index (χ4n) is 3.97. The summed E-state index contributed by atoms with van der Waals surface area (Å²) in [7, 11) is 0. The number of nitrogens with one attached hydrogen (secondary N) is 1. The van der Waals surface area contributed by atoms with Crippen molar-refractivity contribution in [2.75, 3.05) is 5.75 Å². The molecule has 1 saturated carbocycles. The van der Waals surface area contributed by atoms with Gasteiger partial charge in [-0.15, -0.1) is 0 Å². The first-order valence-electron chi connectivity index (χ1n) is 8.26. The van der Waals surface area contributed by atoms with E-state index in [1.54, 1.807) is 11.1 Å². The lowest BCUT2D eigenvalue weighted by atomic mass is 9.81. The average Bonchev–Trinajstić information content (AvgIpc) is 2.90. The molecule has 110 valence electrons. The second-order valence-electron chi connectivity index (χ2n) is 6.36. The molecule has 1 nitrogen and oxygen atoms in total. The quantitative estimate of drug-likeness (QED) is 0.847. The maximum Gasteiger partial charge on any atom is 0.0326 e. The molecule has 20 heavy (non-hydrogen) atoms. The predicted molar refractivity (Wildman–Crippen MR) is 89.5 cm³/mol. The van der Waals surface area contributed by atoms with Crippen molar-refractivity contribution in [1.82, 2.24) is 5.32 Å². The van der Waals surface area contributed by atoms with Crippen LogP contribution in [0.5, 0.6) is 0 Å². The molecule has 3 rings (SSSR count). The molecule has 0 bridgehead atoms. The Labute approximate surface area is 127 Å². The van der Waals surface area contributed by atoms with E-state index in [-0.39, 0.29) is 0 Å². The molecule has 0 aromatic heterocycles. The first-order chi connectivity index (χ1) is 9.79. The number of rotatable bonds is 4. The molecule has 0 amide bonds. The Morgan fingerprint density at radius 1 is 1.10 bits per heavy atom. The number of benzene rings is 1. The van der Waals surface area contributed by atoms with Gasteiger partial charge in [-0.05, 0) is 48.5 Å². The van der Waals surface area contributed by atoms with Gasteiger partial charge in [-0.1, -0.05) is 44.5 Å². The summed E-state index contributed by atoms with van der Waals surface area (Å²) in [4.78, 5) is 0. The van der Waals surface area contributed by atoms with E-state index in [4.69, 9.17) is 0 Å². The van der Waals surface area contributed by atoms with E-state index in [0.29, 0.717) is 6.04 Å². The highest BCUT2D eigenvalue weighted by molar-refractivity contribution is 7.99. The van der Waals surface area contributed by atoms with Crippen LogP contribution in [0.15, 0.2) is 24.3 Å². The van der Waals surface area contributed by atoms with Crippen LogP contribution < -0.4 is 5.32 Å². The summed E-state index contributed by atoms with van der Waals surface area (Å²) in [5, 5.41) is 4.85. The lowest BCUT2D eigenvalue weighted by molar-refractivity contribution is 0.385. The Morgan fingerprint density at radius 2 is 1.90 bits per heavy atom. The van der Waals surface area contributed by atoms with E-state index in [1.807, 2.05) is 0 Å². The van der Waals surface area contributed by atoms with Gasteiger partial charge < -0.3 is 5.32 Å². The second-order valence-corrected chi connectivity index (χ2v) is 7.87. The van der Waals surface area contributed by atoms with Crippen molar-refractivity contribution >= 4 is 11.8 Å². The second kappa shape index (κ2) is 6.53. The fourth-order valence-corrected chi connectivity index (χ4v) is 5.17. The number of fused-ring (bicyclic) bond motifs is 1. The predicted octanol–water partition coefficient (Wildman–Crippen LogP) is 4.89. The van der Waals surface area contributed by atoms with Crippen LogP contribution in [-0.2, 0) is 0 Å². The molecule has 0 saturated heterocycles. The summed E-state index contributed by atoms with van der Waals surface area (Å²) in [5.41, 5.74) is 3.15. The van der Waals surface area contributed by atoms with Gasteiger partial charge in [0.05, 0.1) is 0 Å². The fraction of sp³-hybridized carbons (Fsp3) is 0.667. The monoisotopic (exact) mass is 289 g/mol. The number of thioether (sulfide) groups is 1. The van der Waals surface area contributed by atoms with E-state index >= 15 is 0 Å². The summed E-state index contributed by atoms with van der Waals surface area (Å²) in [6.45, 7) is 4.66. The Kier molecular flexibility index (Phi) is 4.72. The molecule has 4 unspecified atom stereocenters. The minimum absolute atomic E-state index is 0.588. The van der Waals surface area contributed by atoms with Gasteiger partial charge >= 0.3 is 0 Å². The highest BCUT2D eigenvalue weighted by Crippen LogP contribution is 2.39. The minimum atomic E-state index is 0.588. The van der Waals surface area contributed by atoms with Gasteiger partial charge in [-0.25, -0.2) is 0 Å². The van der Waals surface area contributed by atoms with Crippen molar-refractivity contribution in [2.45, 2.75) is 69.2 Å². The SMILES string of the molecule is CCSC1CCCC1NC1CCC(C)c2ccccc21. The zero-order chi connectivity index (χ0) is 13.9. The lowest BCUT2D eigenvalue weighted by Crippen LogP contribution is -2.38. The van der Waals surface area contributed by atoms with Crippen LogP contribution in [0.3, 0.4) is 0 Å². The van der Waals surface area contributed by atoms with Crippen molar-refractivity contribution in [3.8, 4) is 0 Å². The van der Waals surface area contributed by atoms with Crippen molar-refractivity contribution in [1.29, 1.82) is 0 Å². The minimum Gasteiger partial charge on any atom is -0.306 e. The van der Waals surface area contributed by atoms with E-state index < -0.39 is 0 Å². The highest BCUT2D eigenvalue weighted by atomic mass is 32.2. The molecule has 1 N–H and O–H groups in total. The first-order valence-corrected chi connectivity index (χ1v) is 9.31. The standard InChI is InChI=1S/C18H27NS/c1-3-20-18-10-6-9-17(18)19-16-12-11-13(2)14-7-4-5-8-15(14)16/h4-5,7-8,13,16-19H,3,6,9-12H2,1-2H3. The Balaban J connectivity index is 1.73. The van der Waals surface area contributed by atoms with E-state index in [9.17, 15) is 0 Å². The van der Waals surface area contributed by atoms with Gasteiger partial charge in [0.1, 0.15) is 0 Å². The molecule has 2 heteroatoms. The third-order valence-corrected chi connectivity index (χ3v) is 6.36. The first kappa shape index (κ1) is 14.5. The lowest BCUT2D eigenvalue weighted by Gasteiger charge is -2.34. The van der Waals surface area contributed by atoms with Gasteiger partial charge in [-0.3, -0.25) is 0 Å². The van der Waals surface area contributed by atoms with Crippen LogP contribution in [0.25, 0.3) is 0 Å². The van der Waals surface area contributed by atoms with Crippen molar-refractivity contribution in [3.63, 3.8) is 0 Å². The maximum atomic E-state index is 4.01. The Bertz CT molecular complexity index is 445. The topological polar surface area (TPSA) is 12.0 Å². The molecule has 1 aromatic carbocycles. The van der Waals surface area contributed by atoms with Crippen molar-refractivity contribution in [3.05, 3.63) is 35.4 Å². The molecular formula is C18H27NS. The van der Waals surface area contributed by atoms with Gasteiger partial charge in [0.15, 0.2) is 0 Å². The number of hydrogen-bond donors (Lipinski definition) is 1. The van der Waals surface area contributed by atoms with Gasteiger partial charge in [0.25, 0.3) is 0 Å². The van der Waals surface area contributed by atoms with Crippen LogP contribution in [0.4, 0.5) is 0 Å². The third kappa shape index (κ3) is 2.92. The summed E-state index contributed by atoms with van der Waals surface area (Å²) in [6, 6.07) is 10.4. The largest absolute Gasteiger partial charge is 0.306 e. The average molecular weight is 289 g/mol. The van der Waals surface area contributed by atoms with Crippen LogP contribution in [0, 0.1) is 0 Å². The van der Waals surface area contributed by atoms with Crippen LogP contribution >= 0.6 is 11.8 Å². The zero-order valence-electron chi connectivity index (χ0n) is 12.8. The van der Waals surface area contributed by atoms with Crippen LogP contribution in [0.1, 0.15) is 69.0 Å². The van der Waals surface area contributed by atoms with Crippen molar-refractivity contribution < 1.29 is 0 Å². The smallest absolute Gasteiger partial charge is 0.0326 e. The number of hydrogen-bond acceptors (Lipinski definition) is 2. The molecule has 1 aromatic rings.